The second kappa shape index (κ2) is 10.1. The van der Waals surface area contributed by atoms with Crippen molar-refractivity contribution in [2.24, 2.45) is 0 Å². The Bertz CT molecular complexity index is 998. The van der Waals surface area contributed by atoms with Crippen LogP contribution in [0, 0.1) is 0 Å². The molecular weight excluding hydrogens is 372 g/mol. The molecule has 0 saturated carbocycles. The molecule has 0 unspecified atom stereocenters. The molecule has 0 amide bonds. The Labute approximate surface area is 168 Å². The molecule has 3 aromatic rings. The number of thioether (sulfide) groups is 1. The summed E-state index contributed by atoms with van der Waals surface area (Å²) >= 11 is 1.71. The lowest BCUT2D eigenvalue weighted by molar-refractivity contribution is 0.0842. The fraction of sp³-hybridized carbons (Fsp3) is 0.273. The van der Waals surface area contributed by atoms with Gasteiger partial charge in [0.15, 0.2) is 0 Å². The van der Waals surface area contributed by atoms with Crippen LogP contribution in [-0.4, -0.2) is 21.9 Å². The molecule has 6 heteroatoms. The van der Waals surface area contributed by atoms with Gasteiger partial charge in [0.2, 0.25) is 0 Å². The number of benzene rings is 2. The Morgan fingerprint density at radius 2 is 1.68 bits per heavy atom. The van der Waals surface area contributed by atoms with Crippen LogP contribution < -0.4 is 11.2 Å². The summed E-state index contributed by atoms with van der Waals surface area (Å²) < 4.78 is 7.30. The van der Waals surface area contributed by atoms with Gasteiger partial charge in [-0.25, -0.2) is 4.79 Å². The van der Waals surface area contributed by atoms with Gasteiger partial charge in [0.1, 0.15) is 6.73 Å². The van der Waals surface area contributed by atoms with Crippen molar-refractivity contribution in [3.05, 3.63) is 98.3 Å². The number of nitrogens with one attached hydrogen (secondary N) is 1. The molecule has 0 saturated heterocycles. The monoisotopic (exact) mass is 396 g/mol. The van der Waals surface area contributed by atoms with Gasteiger partial charge in [-0.1, -0.05) is 55.5 Å². The zero-order valence-corrected chi connectivity index (χ0v) is 16.7. The van der Waals surface area contributed by atoms with Crippen molar-refractivity contribution in [1.82, 2.24) is 9.55 Å². The molecule has 2 aromatic carbocycles. The van der Waals surface area contributed by atoms with Crippen molar-refractivity contribution in [1.29, 1.82) is 0 Å². The first-order valence-electron chi connectivity index (χ1n) is 9.33. The predicted octanol–water partition coefficient (Wildman–Crippen LogP) is 3.46. The molecule has 0 aliphatic rings. The highest BCUT2D eigenvalue weighted by Crippen LogP contribution is 2.16. The molecule has 0 fully saturated rings. The van der Waals surface area contributed by atoms with Crippen molar-refractivity contribution >= 4 is 11.8 Å². The maximum absolute atomic E-state index is 12.4. The SMILES string of the molecule is CCc1c(Cc2ccccc2)n(COCCSc2ccccc2)c(=O)[nH]c1=O. The van der Waals surface area contributed by atoms with E-state index in [1.54, 1.807) is 16.3 Å². The van der Waals surface area contributed by atoms with Crippen LogP contribution in [-0.2, 0) is 24.3 Å². The molecule has 1 N–H and O–H groups in total. The first-order chi connectivity index (χ1) is 13.7. The third kappa shape index (κ3) is 5.24. The topological polar surface area (TPSA) is 64.1 Å². The summed E-state index contributed by atoms with van der Waals surface area (Å²) in [5.74, 6) is 0.788. The van der Waals surface area contributed by atoms with Crippen LogP contribution in [0.15, 0.2) is 75.1 Å². The molecule has 0 aliphatic carbocycles. The molecule has 5 nitrogen and oxygen atoms in total. The molecule has 146 valence electrons. The van der Waals surface area contributed by atoms with Crippen LogP contribution in [0.1, 0.15) is 23.7 Å². The summed E-state index contributed by atoms with van der Waals surface area (Å²) in [5, 5.41) is 0. The number of aromatic nitrogens is 2. The molecule has 1 heterocycles. The van der Waals surface area contributed by atoms with Gasteiger partial charge < -0.3 is 4.74 Å². The van der Waals surface area contributed by atoms with Gasteiger partial charge in [-0.3, -0.25) is 14.3 Å². The summed E-state index contributed by atoms with van der Waals surface area (Å²) in [7, 11) is 0. The molecular formula is C22H24N2O3S. The first-order valence-corrected chi connectivity index (χ1v) is 10.3. The molecule has 0 bridgehead atoms. The van der Waals surface area contributed by atoms with Crippen molar-refractivity contribution in [3.63, 3.8) is 0 Å². The molecule has 28 heavy (non-hydrogen) atoms. The Hall–Kier alpha value is -2.57. The van der Waals surface area contributed by atoms with E-state index in [1.165, 1.54) is 4.90 Å². The van der Waals surface area contributed by atoms with E-state index >= 15 is 0 Å². The van der Waals surface area contributed by atoms with E-state index in [0.717, 1.165) is 17.0 Å². The van der Waals surface area contributed by atoms with Crippen LogP contribution in [0.25, 0.3) is 0 Å². The minimum Gasteiger partial charge on any atom is -0.360 e. The fourth-order valence-electron chi connectivity index (χ4n) is 3.04. The Morgan fingerprint density at radius 3 is 2.36 bits per heavy atom. The lowest BCUT2D eigenvalue weighted by atomic mass is 10.0. The average molecular weight is 397 g/mol. The molecule has 0 atom stereocenters. The summed E-state index contributed by atoms with van der Waals surface area (Å²) in [6.07, 6.45) is 1.08. The smallest absolute Gasteiger partial charge is 0.330 e. The van der Waals surface area contributed by atoms with E-state index in [0.29, 0.717) is 25.0 Å². The molecule has 0 spiro atoms. The van der Waals surface area contributed by atoms with E-state index in [2.05, 4.69) is 17.1 Å². The van der Waals surface area contributed by atoms with Gasteiger partial charge in [0.25, 0.3) is 5.56 Å². The molecule has 3 rings (SSSR count). The maximum Gasteiger partial charge on any atom is 0.330 e. The minimum absolute atomic E-state index is 0.125. The zero-order chi connectivity index (χ0) is 19.8. The predicted molar refractivity (Wildman–Crippen MR) is 113 cm³/mol. The first kappa shape index (κ1) is 20.2. The van der Waals surface area contributed by atoms with Gasteiger partial charge in [0.05, 0.1) is 6.61 Å². The third-order valence-corrected chi connectivity index (χ3v) is 5.42. The lowest BCUT2D eigenvalue weighted by Crippen LogP contribution is -2.36. The zero-order valence-electron chi connectivity index (χ0n) is 15.9. The summed E-state index contributed by atoms with van der Waals surface area (Å²) in [4.78, 5) is 28.3. The Kier molecular flexibility index (Phi) is 7.28. The van der Waals surface area contributed by atoms with Gasteiger partial charge in [-0.05, 0) is 24.1 Å². The second-order valence-electron chi connectivity index (χ2n) is 6.33. The number of H-pyrrole nitrogens is 1. The van der Waals surface area contributed by atoms with Crippen LogP contribution in [0.5, 0.6) is 0 Å². The van der Waals surface area contributed by atoms with Gasteiger partial charge in [-0.15, -0.1) is 11.8 Å². The van der Waals surface area contributed by atoms with Crippen LogP contribution in [0.3, 0.4) is 0 Å². The van der Waals surface area contributed by atoms with Gasteiger partial charge >= 0.3 is 5.69 Å². The largest absolute Gasteiger partial charge is 0.360 e. The van der Waals surface area contributed by atoms with Gasteiger partial charge in [0, 0.05) is 28.3 Å². The number of hydrogen-bond acceptors (Lipinski definition) is 4. The third-order valence-electron chi connectivity index (χ3n) is 4.44. The normalized spacial score (nSPS) is 10.9. The Morgan fingerprint density at radius 1 is 1.00 bits per heavy atom. The van der Waals surface area contributed by atoms with E-state index < -0.39 is 5.69 Å². The lowest BCUT2D eigenvalue weighted by Gasteiger charge is -2.16. The quantitative estimate of drug-likeness (QED) is 0.444. The highest BCUT2D eigenvalue weighted by molar-refractivity contribution is 7.99. The number of hydrogen-bond donors (Lipinski definition) is 1. The van der Waals surface area contributed by atoms with E-state index in [9.17, 15) is 9.59 Å². The van der Waals surface area contributed by atoms with Crippen molar-refractivity contribution < 1.29 is 4.74 Å². The highest BCUT2D eigenvalue weighted by atomic mass is 32.2. The van der Waals surface area contributed by atoms with Crippen LogP contribution in [0.2, 0.25) is 0 Å². The number of ether oxygens (including phenoxy) is 1. The molecule has 1 aromatic heterocycles. The highest BCUT2D eigenvalue weighted by Gasteiger charge is 2.14. The van der Waals surface area contributed by atoms with E-state index in [-0.39, 0.29) is 12.3 Å². The van der Waals surface area contributed by atoms with E-state index in [4.69, 9.17) is 4.74 Å². The van der Waals surface area contributed by atoms with Crippen molar-refractivity contribution in [2.75, 3.05) is 12.4 Å². The average Bonchev–Trinajstić information content (AvgIpc) is 2.71. The summed E-state index contributed by atoms with van der Waals surface area (Å²) in [5.41, 5.74) is 1.66. The van der Waals surface area contributed by atoms with Crippen LogP contribution >= 0.6 is 11.8 Å². The summed E-state index contributed by atoms with van der Waals surface area (Å²) in [6, 6.07) is 20.0. The van der Waals surface area contributed by atoms with Gasteiger partial charge in [-0.2, -0.15) is 0 Å². The van der Waals surface area contributed by atoms with E-state index in [1.807, 2.05) is 55.5 Å². The fourth-order valence-corrected chi connectivity index (χ4v) is 3.83. The minimum atomic E-state index is -0.427. The van der Waals surface area contributed by atoms with Crippen molar-refractivity contribution in [2.45, 2.75) is 31.4 Å². The maximum atomic E-state index is 12.4. The number of rotatable bonds is 9. The number of aromatic amines is 1. The molecule has 0 radical (unpaired) electrons. The van der Waals surface area contributed by atoms with Crippen molar-refractivity contribution in [3.8, 4) is 0 Å². The number of nitrogens with zero attached hydrogens (tertiary/aromatic N) is 1. The van der Waals surface area contributed by atoms with Crippen LogP contribution in [0.4, 0.5) is 0 Å². The Balaban J connectivity index is 1.72. The molecule has 0 aliphatic heterocycles. The second-order valence-corrected chi connectivity index (χ2v) is 7.50. The summed E-state index contributed by atoms with van der Waals surface area (Å²) in [6.45, 7) is 2.56. The standard InChI is InChI=1S/C22H24N2O3S/c1-2-19-20(15-17-9-5-3-6-10-17)24(22(26)23-21(19)25)16-27-13-14-28-18-11-7-4-8-12-18/h3-12H,2,13-16H2,1H3,(H,23,25,26).